The van der Waals surface area contributed by atoms with Crippen LogP contribution in [0.4, 0.5) is 0 Å². The number of likely N-dealkylation sites (N-methyl/N-ethyl adjacent to an activating group) is 1. The molecule has 0 fully saturated rings. The van der Waals surface area contributed by atoms with Crippen molar-refractivity contribution >= 4 is 13.7 Å². The molecule has 0 aliphatic rings. The van der Waals surface area contributed by atoms with Crippen molar-refractivity contribution in [2.45, 2.75) is 334 Å². The zero-order valence-electron chi connectivity index (χ0n) is 57.0. The van der Waals surface area contributed by atoms with E-state index in [9.17, 15) is 19.4 Å². The third-order valence-corrected chi connectivity index (χ3v) is 17.0. The van der Waals surface area contributed by atoms with Crippen molar-refractivity contribution < 1.29 is 32.9 Å². The molecule has 86 heavy (non-hydrogen) atoms. The molecule has 0 aromatic rings. The number of hydrogen-bond acceptors (Lipinski definition) is 5. The van der Waals surface area contributed by atoms with Gasteiger partial charge in [-0.05, 0) is 83.5 Å². The molecule has 0 rings (SSSR count). The lowest BCUT2D eigenvalue weighted by Crippen LogP contribution is -2.45. The standard InChI is InChI=1S/C77H139N2O6P/c1-6-8-10-12-14-16-18-20-22-24-26-28-30-31-32-33-34-35-36-37-38-39-40-41-42-43-44-45-46-47-49-51-53-55-57-59-61-63-65-67-69-71-77(81)78-75(74-85-86(82,83)84-73-72-79(3,4)5)76(80)70-68-66-64-62-60-58-56-54-52-50-48-29-27-25-23-21-19-17-15-13-11-9-7-2/h8,10,14,16,20,22,26,28,31-32,34-35,37-38,40-41,68,70,75-76,80H,6-7,9,11-13,15,17-19,21,23-25,27,29-30,33,36,39,42-67,69,71-74H2,1-5H3,(H-,78,81,82,83)/p+1/b10-8-,16-14-,22-20-,28-26-,32-31-,35-34-,38-37-,41-40-,70-68+. The van der Waals surface area contributed by atoms with Crippen LogP contribution in [0.15, 0.2) is 109 Å². The summed E-state index contributed by atoms with van der Waals surface area (Å²) in [5.74, 6) is -0.176. The number of rotatable bonds is 66. The first-order valence-electron chi connectivity index (χ1n) is 36.3. The highest BCUT2D eigenvalue weighted by molar-refractivity contribution is 7.47. The van der Waals surface area contributed by atoms with Gasteiger partial charge in [0.1, 0.15) is 13.2 Å². The Morgan fingerprint density at radius 2 is 0.698 bits per heavy atom. The predicted octanol–water partition coefficient (Wildman–Crippen LogP) is 23.4. The van der Waals surface area contributed by atoms with Gasteiger partial charge >= 0.3 is 7.82 Å². The van der Waals surface area contributed by atoms with E-state index in [2.05, 4.69) is 116 Å². The molecule has 9 heteroatoms. The molecule has 0 spiro atoms. The van der Waals surface area contributed by atoms with Gasteiger partial charge in [-0.25, -0.2) is 4.57 Å². The number of phosphoric ester groups is 1. The Morgan fingerprint density at radius 3 is 1.02 bits per heavy atom. The Morgan fingerprint density at radius 1 is 0.407 bits per heavy atom. The fraction of sp³-hybridized carbons (Fsp3) is 0.753. The number of carbonyl (C=O) groups is 1. The molecule has 3 atom stereocenters. The lowest BCUT2D eigenvalue weighted by molar-refractivity contribution is -0.870. The number of amides is 1. The first-order valence-corrected chi connectivity index (χ1v) is 37.8. The smallest absolute Gasteiger partial charge is 0.387 e. The van der Waals surface area contributed by atoms with Gasteiger partial charge < -0.3 is 19.8 Å². The lowest BCUT2D eigenvalue weighted by atomic mass is 10.0. The van der Waals surface area contributed by atoms with Gasteiger partial charge in [-0.2, -0.15) is 0 Å². The van der Waals surface area contributed by atoms with Crippen molar-refractivity contribution in [2.24, 2.45) is 0 Å². The van der Waals surface area contributed by atoms with Crippen LogP contribution in [0.1, 0.15) is 322 Å². The highest BCUT2D eigenvalue weighted by atomic mass is 31.2. The number of nitrogens with one attached hydrogen (secondary N) is 1. The molecule has 0 saturated carbocycles. The van der Waals surface area contributed by atoms with E-state index < -0.39 is 20.0 Å². The van der Waals surface area contributed by atoms with Gasteiger partial charge in [-0.3, -0.25) is 13.8 Å². The van der Waals surface area contributed by atoms with Gasteiger partial charge in [0.15, 0.2) is 0 Å². The van der Waals surface area contributed by atoms with Gasteiger partial charge in [0.2, 0.25) is 5.91 Å². The molecule has 0 aliphatic carbocycles. The Kier molecular flexibility index (Phi) is 64.4. The first kappa shape index (κ1) is 83.2. The summed E-state index contributed by atoms with van der Waals surface area (Å²) in [7, 11) is 1.58. The van der Waals surface area contributed by atoms with Gasteiger partial charge in [-0.15, -0.1) is 0 Å². The predicted molar refractivity (Wildman–Crippen MR) is 378 cm³/mol. The second-order valence-electron chi connectivity index (χ2n) is 25.6. The van der Waals surface area contributed by atoms with Gasteiger partial charge in [0, 0.05) is 6.42 Å². The molecular formula is C77H140N2O6P+. The molecule has 0 aliphatic heterocycles. The third-order valence-electron chi connectivity index (χ3n) is 16.0. The molecule has 0 bridgehead atoms. The monoisotopic (exact) mass is 1220 g/mol. The normalized spacial score (nSPS) is 14.3. The van der Waals surface area contributed by atoms with E-state index in [0.29, 0.717) is 17.4 Å². The summed E-state index contributed by atoms with van der Waals surface area (Å²) in [6.07, 6.45) is 98.1. The van der Waals surface area contributed by atoms with Crippen molar-refractivity contribution in [1.82, 2.24) is 5.32 Å². The van der Waals surface area contributed by atoms with Crippen molar-refractivity contribution in [2.75, 3.05) is 40.9 Å². The highest BCUT2D eigenvalue weighted by Gasteiger charge is 2.28. The van der Waals surface area contributed by atoms with E-state index in [1.807, 2.05) is 27.2 Å². The number of nitrogens with zero attached hydrogens (tertiary/aromatic N) is 1. The SMILES string of the molecule is CC/C=C\C/C=C\C/C=C\C/C=C\C/C=C\C/C=C\C/C=C\C/C=C\CCCCCCCCCCCCCCCCCCC(=O)NC(COP(=O)(O)OCC[N+](C)(C)C)C(O)/C=C/CCCCCCCCCCCCCCCCCCCCCCC. The number of aliphatic hydroxyl groups excluding tert-OH is 1. The summed E-state index contributed by atoms with van der Waals surface area (Å²) >= 11 is 0. The van der Waals surface area contributed by atoms with E-state index in [1.165, 1.54) is 212 Å². The van der Waals surface area contributed by atoms with E-state index in [1.54, 1.807) is 6.08 Å². The minimum atomic E-state index is -4.36. The number of unbranched alkanes of at least 4 members (excludes halogenated alkanes) is 37. The maximum Gasteiger partial charge on any atom is 0.472 e. The largest absolute Gasteiger partial charge is 0.472 e. The second kappa shape index (κ2) is 66.6. The van der Waals surface area contributed by atoms with Crippen LogP contribution < -0.4 is 5.32 Å². The van der Waals surface area contributed by atoms with Gasteiger partial charge in [0.05, 0.1) is 39.9 Å². The maximum atomic E-state index is 13.1. The summed E-state index contributed by atoms with van der Waals surface area (Å²) < 4.78 is 23.8. The third kappa shape index (κ3) is 68.6. The van der Waals surface area contributed by atoms with Gasteiger partial charge in [-0.1, -0.05) is 342 Å². The summed E-state index contributed by atoms with van der Waals surface area (Å²) in [4.78, 5) is 23.4. The molecule has 8 nitrogen and oxygen atoms in total. The van der Waals surface area contributed by atoms with Crippen LogP contribution in [-0.2, 0) is 18.4 Å². The number of carbonyl (C=O) groups excluding carboxylic acids is 1. The van der Waals surface area contributed by atoms with Crippen LogP contribution in [0.25, 0.3) is 0 Å². The van der Waals surface area contributed by atoms with E-state index in [-0.39, 0.29) is 19.1 Å². The van der Waals surface area contributed by atoms with Crippen LogP contribution >= 0.6 is 7.82 Å². The van der Waals surface area contributed by atoms with Crippen molar-refractivity contribution in [3.05, 3.63) is 109 Å². The average Bonchev–Trinajstić information content (AvgIpc) is 3.70. The zero-order valence-corrected chi connectivity index (χ0v) is 57.9. The molecule has 3 unspecified atom stereocenters. The minimum Gasteiger partial charge on any atom is -0.387 e. The quantitative estimate of drug-likeness (QED) is 0.0243. The molecule has 0 radical (unpaired) electrons. The Bertz CT molecular complexity index is 1770. The van der Waals surface area contributed by atoms with Crippen molar-refractivity contribution in [3.63, 3.8) is 0 Å². The Balaban J connectivity index is 4.03. The summed E-state index contributed by atoms with van der Waals surface area (Å²) in [5.41, 5.74) is 0. The molecular weight excluding hydrogens is 1080 g/mol. The number of aliphatic hydroxyl groups is 1. The number of allylic oxidation sites excluding steroid dienone is 17. The van der Waals surface area contributed by atoms with Crippen molar-refractivity contribution in [1.29, 1.82) is 0 Å². The molecule has 0 aromatic carbocycles. The van der Waals surface area contributed by atoms with Crippen molar-refractivity contribution in [3.8, 4) is 0 Å². The molecule has 0 aromatic heterocycles. The second-order valence-corrected chi connectivity index (χ2v) is 27.0. The Hall–Kier alpha value is -2.84. The number of phosphoric acid groups is 1. The molecule has 0 saturated heterocycles. The lowest BCUT2D eigenvalue weighted by Gasteiger charge is -2.25. The minimum absolute atomic E-state index is 0.0594. The maximum absolute atomic E-state index is 13.1. The molecule has 1 amide bonds. The van der Waals surface area contributed by atoms with E-state index in [4.69, 9.17) is 9.05 Å². The fourth-order valence-corrected chi connectivity index (χ4v) is 11.2. The summed E-state index contributed by atoms with van der Waals surface area (Å²) in [6.45, 7) is 4.73. The zero-order chi connectivity index (χ0) is 62.6. The van der Waals surface area contributed by atoms with E-state index >= 15 is 0 Å². The molecule has 498 valence electrons. The van der Waals surface area contributed by atoms with Crippen LogP contribution in [0.5, 0.6) is 0 Å². The van der Waals surface area contributed by atoms with Crippen LogP contribution in [0, 0.1) is 0 Å². The van der Waals surface area contributed by atoms with E-state index in [0.717, 1.165) is 89.9 Å². The number of hydrogen-bond donors (Lipinski definition) is 3. The van der Waals surface area contributed by atoms with Gasteiger partial charge in [0.25, 0.3) is 0 Å². The summed E-state index contributed by atoms with van der Waals surface area (Å²) in [5, 5.41) is 14.0. The van der Waals surface area contributed by atoms with Crippen LogP contribution in [0.2, 0.25) is 0 Å². The molecule has 3 N–H and O–H groups in total. The Labute approximate surface area is 533 Å². The fourth-order valence-electron chi connectivity index (χ4n) is 10.4. The van der Waals surface area contributed by atoms with Crippen LogP contribution in [0.3, 0.4) is 0 Å². The molecule has 0 heterocycles. The highest BCUT2D eigenvalue weighted by Crippen LogP contribution is 2.43. The average molecular weight is 1220 g/mol. The number of quaternary nitrogens is 1. The van der Waals surface area contributed by atoms with Crippen LogP contribution in [-0.4, -0.2) is 73.4 Å². The summed E-state index contributed by atoms with van der Waals surface area (Å²) in [6, 6.07) is -0.852. The topological polar surface area (TPSA) is 105 Å². The first-order chi connectivity index (χ1) is 42.0.